The van der Waals surface area contributed by atoms with Crippen molar-refractivity contribution < 1.29 is 39.2 Å². The second-order valence-corrected chi connectivity index (χ2v) is 9.45. The number of hydrogen-bond acceptors (Lipinski definition) is 2. The number of rotatable bonds is 3. The van der Waals surface area contributed by atoms with Crippen LogP contribution < -0.4 is 5.14 Å². The molecule has 2 aromatic carbocycles. The Balaban J connectivity index is 1.93. The van der Waals surface area contributed by atoms with Crippen molar-refractivity contribution in [1.82, 2.24) is 0 Å². The zero-order chi connectivity index (χ0) is 22.9. The lowest BCUT2D eigenvalue weighted by Gasteiger charge is -2.16. The van der Waals surface area contributed by atoms with Gasteiger partial charge in [0.1, 0.15) is 5.56 Å². The maximum atomic E-state index is 14.7. The molecule has 166 valence electrons. The molecule has 2 N–H and O–H groups in total. The molecule has 0 unspecified atom stereocenters. The predicted octanol–water partition coefficient (Wildman–Crippen LogP) is 5.39. The molecule has 2 aliphatic rings. The van der Waals surface area contributed by atoms with Gasteiger partial charge >= 0.3 is 6.18 Å². The molecule has 0 saturated heterocycles. The third kappa shape index (κ3) is 3.63. The number of primary sulfonamides is 1. The third-order valence-corrected chi connectivity index (χ3v) is 6.73. The SMILES string of the molecule is NS(=O)(=O)c1ccc(C2=C(c3c(F)c(F)c(C(F)(F)F)c(F)c3F)CC3(CC3)C2)cc1. The molecule has 0 atom stereocenters. The summed E-state index contributed by atoms with van der Waals surface area (Å²) in [6.45, 7) is 0. The summed E-state index contributed by atoms with van der Waals surface area (Å²) in [5.74, 6) is -9.24. The average molecular weight is 465 g/mol. The summed E-state index contributed by atoms with van der Waals surface area (Å²) in [5, 5.41) is 5.04. The van der Waals surface area contributed by atoms with Gasteiger partial charge in [-0.1, -0.05) is 12.1 Å². The molecular weight excluding hydrogens is 451 g/mol. The van der Waals surface area contributed by atoms with E-state index >= 15 is 0 Å². The molecular formula is C20H14F7NO2S. The van der Waals surface area contributed by atoms with Crippen LogP contribution in [0.15, 0.2) is 29.2 Å². The van der Waals surface area contributed by atoms with Crippen LogP contribution in [-0.4, -0.2) is 8.42 Å². The van der Waals surface area contributed by atoms with Crippen LogP contribution >= 0.6 is 0 Å². The minimum Gasteiger partial charge on any atom is -0.225 e. The van der Waals surface area contributed by atoms with E-state index in [1.54, 1.807) is 0 Å². The van der Waals surface area contributed by atoms with Crippen molar-refractivity contribution in [2.24, 2.45) is 10.6 Å². The number of allylic oxidation sites excluding steroid dienone is 2. The van der Waals surface area contributed by atoms with Gasteiger partial charge in [0.25, 0.3) is 0 Å². The molecule has 1 spiro atoms. The minimum absolute atomic E-state index is 0.0252. The van der Waals surface area contributed by atoms with E-state index in [1.165, 1.54) is 12.1 Å². The van der Waals surface area contributed by atoms with Crippen LogP contribution in [0, 0.1) is 28.7 Å². The van der Waals surface area contributed by atoms with Crippen LogP contribution in [0.2, 0.25) is 0 Å². The molecule has 0 amide bonds. The molecule has 2 aromatic rings. The fraction of sp³-hybridized carbons (Fsp3) is 0.300. The van der Waals surface area contributed by atoms with Crippen LogP contribution in [0.1, 0.15) is 42.4 Å². The van der Waals surface area contributed by atoms with Crippen LogP contribution in [-0.2, 0) is 16.2 Å². The van der Waals surface area contributed by atoms with Crippen LogP contribution in [0.4, 0.5) is 30.7 Å². The topological polar surface area (TPSA) is 60.2 Å². The largest absolute Gasteiger partial charge is 0.422 e. The maximum absolute atomic E-state index is 14.7. The lowest BCUT2D eigenvalue weighted by Crippen LogP contribution is -2.17. The smallest absolute Gasteiger partial charge is 0.225 e. The van der Waals surface area contributed by atoms with Gasteiger partial charge in [-0.2, -0.15) is 13.2 Å². The standard InChI is InChI=1S/C20H14F7NO2S/c21-15-13(16(22)18(24)14(17(15)23)20(25,26)27)12-8-19(5-6-19)7-11(12)9-1-3-10(4-2-9)31(28,29)30/h1-4H,5-8H2,(H2,28,29,30). The van der Waals surface area contributed by atoms with Crippen molar-refractivity contribution in [1.29, 1.82) is 0 Å². The highest BCUT2D eigenvalue weighted by Gasteiger charge is 2.50. The highest BCUT2D eigenvalue weighted by molar-refractivity contribution is 7.89. The second-order valence-electron chi connectivity index (χ2n) is 7.88. The van der Waals surface area contributed by atoms with E-state index in [-0.39, 0.29) is 28.9 Å². The number of alkyl halides is 3. The summed E-state index contributed by atoms with van der Waals surface area (Å²) in [6.07, 6.45) is -3.98. The molecule has 0 aliphatic heterocycles. The summed E-state index contributed by atoms with van der Waals surface area (Å²) in [4.78, 5) is -0.221. The molecule has 2 aliphatic carbocycles. The number of nitrogens with two attached hydrogens (primary N) is 1. The number of hydrogen-bond donors (Lipinski definition) is 1. The third-order valence-electron chi connectivity index (χ3n) is 5.80. The molecule has 11 heteroatoms. The maximum Gasteiger partial charge on any atom is 0.422 e. The molecule has 0 bridgehead atoms. The van der Waals surface area contributed by atoms with E-state index in [1.807, 2.05) is 0 Å². The molecule has 4 rings (SSSR count). The zero-order valence-corrected chi connectivity index (χ0v) is 16.4. The summed E-state index contributed by atoms with van der Waals surface area (Å²) in [6, 6.07) is 4.97. The summed E-state index contributed by atoms with van der Waals surface area (Å²) >= 11 is 0. The van der Waals surface area contributed by atoms with Crippen LogP contribution in [0.5, 0.6) is 0 Å². The Morgan fingerprint density at radius 1 is 0.806 bits per heavy atom. The lowest BCUT2D eigenvalue weighted by atomic mass is 9.94. The van der Waals surface area contributed by atoms with Crippen molar-refractivity contribution in [2.75, 3.05) is 0 Å². The molecule has 0 heterocycles. The molecule has 0 radical (unpaired) electrons. The molecule has 0 aromatic heterocycles. The summed E-state index contributed by atoms with van der Waals surface area (Å²) in [5.41, 5.74) is -3.71. The zero-order valence-electron chi connectivity index (χ0n) is 15.6. The van der Waals surface area contributed by atoms with Crippen molar-refractivity contribution in [3.8, 4) is 0 Å². The van der Waals surface area contributed by atoms with Crippen LogP contribution in [0.25, 0.3) is 11.1 Å². The van der Waals surface area contributed by atoms with Gasteiger partial charge in [-0.05, 0) is 59.9 Å². The van der Waals surface area contributed by atoms with Crippen LogP contribution in [0.3, 0.4) is 0 Å². The fourth-order valence-corrected chi connectivity index (χ4v) is 4.58. The van der Waals surface area contributed by atoms with E-state index < -0.39 is 56.0 Å². The van der Waals surface area contributed by atoms with Gasteiger partial charge in [0, 0.05) is 0 Å². The highest BCUT2D eigenvalue weighted by Crippen LogP contribution is 2.64. The number of sulfonamides is 1. The first-order valence-electron chi connectivity index (χ1n) is 9.04. The van der Waals surface area contributed by atoms with E-state index in [4.69, 9.17) is 5.14 Å². The first-order chi connectivity index (χ1) is 14.3. The first-order valence-corrected chi connectivity index (χ1v) is 10.6. The Morgan fingerprint density at radius 2 is 1.29 bits per heavy atom. The van der Waals surface area contributed by atoms with Crippen molar-refractivity contribution in [3.63, 3.8) is 0 Å². The fourth-order valence-electron chi connectivity index (χ4n) is 4.06. The Bertz CT molecular complexity index is 1200. The van der Waals surface area contributed by atoms with Crippen molar-refractivity contribution >= 4 is 21.2 Å². The van der Waals surface area contributed by atoms with E-state index in [0.717, 1.165) is 12.1 Å². The lowest BCUT2D eigenvalue weighted by molar-refractivity contribution is -0.143. The quantitative estimate of drug-likeness (QED) is 0.488. The first kappa shape index (κ1) is 21.8. The van der Waals surface area contributed by atoms with Gasteiger partial charge in [0.05, 0.1) is 10.5 Å². The van der Waals surface area contributed by atoms with Crippen molar-refractivity contribution in [3.05, 3.63) is 64.2 Å². The van der Waals surface area contributed by atoms with E-state index in [0.29, 0.717) is 18.4 Å². The van der Waals surface area contributed by atoms with E-state index in [2.05, 4.69) is 0 Å². The van der Waals surface area contributed by atoms with Gasteiger partial charge in [-0.15, -0.1) is 0 Å². The Morgan fingerprint density at radius 3 is 1.71 bits per heavy atom. The average Bonchev–Trinajstić information content (AvgIpc) is 3.31. The second kappa shape index (κ2) is 6.80. The molecule has 31 heavy (non-hydrogen) atoms. The van der Waals surface area contributed by atoms with Gasteiger partial charge in [0.15, 0.2) is 23.3 Å². The normalized spacial score (nSPS) is 18.2. The van der Waals surface area contributed by atoms with Gasteiger partial charge in [-0.25, -0.2) is 31.1 Å². The monoisotopic (exact) mass is 465 g/mol. The van der Waals surface area contributed by atoms with Gasteiger partial charge < -0.3 is 0 Å². The van der Waals surface area contributed by atoms with E-state index in [9.17, 15) is 39.2 Å². The summed E-state index contributed by atoms with van der Waals surface area (Å²) in [7, 11) is -4.00. The van der Waals surface area contributed by atoms with Gasteiger partial charge in [-0.3, -0.25) is 0 Å². The van der Waals surface area contributed by atoms with Gasteiger partial charge in [0.2, 0.25) is 10.0 Å². The Hall–Kier alpha value is -2.40. The Kier molecular flexibility index (Phi) is 4.78. The molecule has 1 fully saturated rings. The van der Waals surface area contributed by atoms with Crippen molar-refractivity contribution in [2.45, 2.75) is 36.8 Å². The number of benzene rings is 2. The molecule has 1 saturated carbocycles. The summed E-state index contributed by atoms with van der Waals surface area (Å²) < 4.78 is 119. The predicted molar refractivity (Wildman–Crippen MR) is 96.8 cm³/mol. The highest BCUT2D eigenvalue weighted by atomic mass is 32.2. The molecule has 3 nitrogen and oxygen atoms in total. The minimum atomic E-state index is -5.62. The number of halogens is 7. The Labute approximate surface area is 172 Å².